The monoisotopic (exact) mass is 482 g/mol. The zero-order chi connectivity index (χ0) is 23.4. The van der Waals surface area contributed by atoms with Gasteiger partial charge in [-0.15, -0.1) is 12.2 Å². The van der Waals surface area contributed by atoms with Crippen molar-refractivity contribution in [3.8, 4) is 5.75 Å². The van der Waals surface area contributed by atoms with Crippen LogP contribution in [-0.4, -0.2) is 48.7 Å². The first-order valence-corrected chi connectivity index (χ1v) is 14.3. The zero-order valence-electron chi connectivity index (χ0n) is 19.3. The van der Waals surface area contributed by atoms with Gasteiger partial charge in [-0.3, -0.25) is 4.79 Å². The number of nitrogens with zero attached hydrogens (tertiary/aromatic N) is 2. The average Bonchev–Trinajstić information content (AvgIpc) is 2.79. The molecule has 0 bridgehead atoms. The van der Waals surface area contributed by atoms with Crippen molar-refractivity contribution in [1.29, 1.82) is 0 Å². The zero-order valence-corrected chi connectivity index (χ0v) is 21.9. The number of thiol groups is 1. The van der Waals surface area contributed by atoms with Crippen molar-refractivity contribution < 1.29 is 14.2 Å². The predicted molar refractivity (Wildman–Crippen MR) is 138 cm³/mol. The van der Waals surface area contributed by atoms with Crippen LogP contribution >= 0.6 is 17.7 Å². The van der Waals surface area contributed by atoms with Crippen LogP contribution < -0.4 is 10.0 Å². The molecule has 0 aliphatic rings. The van der Waals surface area contributed by atoms with Gasteiger partial charge in [0.05, 0.1) is 13.2 Å². The van der Waals surface area contributed by atoms with Crippen molar-refractivity contribution in [2.75, 3.05) is 26.7 Å². The molecule has 2 aromatic rings. The van der Waals surface area contributed by atoms with E-state index in [1.807, 2.05) is 44.2 Å². The molecule has 0 aliphatic heterocycles. The van der Waals surface area contributed by atoms with Crippen LogP contribution in [0.1, 0.15) is 45.0 Å². The maximum atomic E-state index is 12.7. The first-order valence-electron chi connectivity index (χ1n) is 10.5. The van der Waals surface area contributed by atoms with Gasteiger partial charge in [0.25, 0.3) is 5.91 Å². The van der Waals surface area contributed by atoms with E-state index in [-0.39, 0.29) is 11.9 Å². The molecule has 2 aromatic carbocycles. The number of hydrogen-bond acceptors (Lipinski definition) is 5. The highest BCUT2D eigenvalue weighted by Gasteiger charge is 2.27. The van der Waals surface area contributed by atoms with Crippen molar-refractivity contribution in [2.45, 2.75) is 40.7 Å². The van der Waals surface area contributed by atoms with Crippen LogP contribution in [0.3, 0.4) is 0 Å². The Morgan fingerprint density at radius 2 is 1.52 bits per heavy atom. The fourth-order valence-electron chi connectivity index (χ4n) is 2.68. The van der Waals surface area contributed by atoms with Crippen molar-refractivity contribution in [3.63, 3.8) is 0 Å². The molecule has 1 atom stereocenters. The van der Waals surface area contributed by atoms with Crippen molar-refractivity contribution >= 4 is 40.7 Å². The lowest BCUT2D eigenvalue weighted by Gasteiger charge is -2.30. The molecule has 0 radical (unpaired) electrons. The lowest BCUT2D eigenvalue weighted by atomic mass is 10.2. The van der Waals surface area contributed by atoms with Gasteiger partial charge in [-0.05, 0) is 81.7 Å². The smallest absolute Gasteiger partial charge is 0.277 e. The Bertz CT molecular complexity index is 823. The van der Waals surface area contributed by atoms with Crippen LogP contribution in [0, 0.1) is 0 Å². The minimum atomic E-state index is -2.68. The van der Waals surface area contributed by atoms with Gasteiger partial charge in [-0.2, -0.15) is 0 Å². The molecular formula is C23H35N2O3PS2. The molecule has 0 aliphatic carbocycles. The molecule has 0 spiro atoms. The van der Waals surface area contributed by atoms with Gasteiger partial charge in [-0.25, -0.2) is 9.69 Å². The standard InChI is InChI=1S/C17H20NO3PS2.C6H15N/c1-13(2)18(17(19)14-7-5-4-6-8-14)21-22(23,24)16-11-9-15(20-3)10-12-16;1-4-7(5-2)6-3/h4-13H,1-3H3,(H,23,24);4-6H2,1-3H3. The highest BCUT2D eigenvalue weighted by molar-refractivity contribution is 8.64. The number of hydrogen-bond donors (Lipinski definition) is 1. The molecule has 31 heavy (non-hydrogen) atoms. The molecule has 1 unspecified atom stereocenters. The summed E-state index contributed by atoms with van der Waals surface area (Å²) in [6.45, 7) is 13.9. The first-order chi connectivity index (χ1) is 14.7. The van der Waals surface area contributed by atoms with Gasteiger partial charge in [0.15, 0.2) is 5.47 Å². The maximum Gasteiger partial charge on any atom is 0.277 e. The lowest BCUT2D eigenvalue weighted by Crippen LogP contribution is -2.36. The summed E-state index contributed by atoms with van der Waals surface area (Å²) in [5.74, 6) is 0.491. The number of hydroxylamine groups is 2. The average molecular weight is 483 g/mol. The second kappa shape index (κ2) is 13.9. The molecule has 5 nitrogen and oxygen atoms in total. The number of rotatable bonds is 9. The third kappa shape index (κ3) is 8.95. The van der Waals surface area contributed by atoms with E-state index < -0.39 is 5.47 Å². The molecule has 0 fully saturated rings. The van der Waals surface area contributed by atoms with Gasteiger partial charge >= 0.3 is 0 Å². The van der Waals surface area contributed by atoms with Crippen molar-refractivity contribution in [1.82, 2.24) is 9.96 Å². The second-order valence-corrected chi connectivity index (χ2v) is 12.8. The Hall–Kier alpha value is -1.37. The highest BCUT2D eigenvalue weighted by atomic mass is 32.9. The number of carbonyl (C=O) groups is 1. The molecule has 2 rings (SSSR count). The van der Waals surface area contributed by atoms with E-state index in [1.54, 1.807) is 31.4 Å². The highest BCUT2D eigenvalue weighted by Crippen LogP contribution is 2.52. The van der Waals surface area contributed by atoms with E-state index >= 15 is 0 Å². The van der Waals surface area contributed by atoms with E-state index in [0.717, 1.165) is 11.1 Å². The predicted octanol–water partition coefficient (Wildman–Crippen LogP) is 5.39. The number of ether oxygens (including phenoxy) is 1. The van der Waals surface area contributed by atoms with E-state index in [0.29, 0.717) is 5.56 Å². The molecule has 0 aromatic heterocycles. The van der Waals surface area contributed by atoms with Crippen molar-refractivity contribution in [2.24, 2.45) is 0 Å². The van der Waals surface area contributed by atoms with Crippen LogP contribution in [-0.2, 0) is 16.4 Å². The molecule has 0 heterocycles. The second-order valence-electron chi connectivity index (χ2n) is 7.01. The minimum absolute atomic E-state index is 0.176. The fraction of sp³-hybridized carbons (Fsp3) is 0.435. The molecule has 0 saturated carbocycles. The van der Waals surface area contributed by atoms with Gasteiger partial charge in [0.1, 0.15) is 5.75 Å². The third-order valence-corrected chi connectivity index (χ3v) is 7.72. The third-order valence-electron chi connectivity index (χ3n) is 4.63. The largest absolute Gasteiger partial charge is 0.497 e. The summed E-state index contributed by atoms with van der Waals surface area (Å²) < 4.78 is 11.1. The quantitative estimate of drug-likeness (QED) is 0.295. The Kier molecular flexibility index (Phi) is 12.4. The number of methoxy groups -OCH3 is 1. The summed E-state index contributed by atoms with van der Waals surface area (Å²) in [5, 5.41) is 2.07. The summed E-state index contributed by atoms with van der Waals surface area (Å²) in [6, 6.07) is 16.0. The summed E-state index contributed by atoms with van der Waals surface area (Å²) in [4.78, 5) is 15.1. The van der Waals surface area contributed by atoms with Crippen LogP contribution in [0.2, 0.25) is 0 Å². The lowest BCUT2D eigenvalue weighted by molar-refractivity contribution is -0.0423. The van der Waals surface area contributed by atoms with Crippen molar-refractivity contribution in [3.05, 3.63) is 60.2 Å². The van der Waals surface area contributed by atoms with E-state index in [2.05, 4.69) is 37.9 Å². The van der Waals surface area contributed by atoms with E-state index in [9.17, 15) is 4.79 Å². The molecular weight excluding hydrogens is 447 g/mol. The minimum Gasteiger partial charge on any atom is -0.497 e. The van der Waals surface area contributed by atoms with Crippen LogP contribution in [0.4, 0.5) is 0 Å². The Balaban J connectivity index is 0.000000592. The summed E-state index contributed by atoms with van der Waals surface area (Å²) in [5.41, 5.74) is -2.14. The molecule has 0 N–H and O–H groups in total. The van der Waals surface area contributed by atoms with Gasteiger partial charge in [0.2, 0.25) is 0 Å². The Labute approximate surface area is 197 Å². The molecule has 0 saturated heterocycles. The molecule has 172 valence electrons. The number of amides is 1. The first kappa shape index (κ1) is 27.7. The van der Waals surface area contributed by atoms with Crippen LogP contribution in [0.15, 0.2) is 54.6 Å². The topological polar surface area (TPSA) is 42.0 Å². The van der Waals surface area contributed by atoms with Crippen LogP contribution in [0.5, 0.6) is 5.75 Å². The normalized spacial score (nSPS) is 12.7. The summed E-state index contributed by atoms with van der Waals surface area (Å²) in [6.07, 6.45) is 0. The van der Waals surface area contributed by atoms with E-state index in [4.69, 9.17) is 21.2 Å². The molecule has 1 amide bonds. The van der Waals surface area contributed by atoms with Gasteiger partial charge < -0.3 is 9.64 Å². The van der Waals surface area contributed by atoms with Crippen LogP contribution in [0.25, 0.3) is 0 Å². The fourth-order valence-corrected chi connectivity index (χ4v) is 5.02. The number of carbonyl (C=O) groups excluding carboxylic acids is 1. The SMILES string of the molecule is CCN(CC)CC.COc1ccc(P(=S)(S)ON(C(=O)c2ccccc2)C(C)C)cc1. The van der Waals surface area contributed by atoms with Gasteiger partial charge in [-0.1, -0.05) is 39.0 Å². The van der Waals surface area contributed by atoms with E-state index in [1.165, 1.54) is 24.7 Å². The summed E-state index contributed by atoms with van der Waals surface area (Å²) in [7, 11) is 1.60. The Morgan fingerprint density at radius 3 is 1.90 bits per heavy atom. The molecule has 8 heteroatoms. The van der Waals surface area contributed by atoms with Gasteiger partial charge in [0, 0.05) is 10.9 Å². The maximum absolute atomic E-state index is 12.7. The Morgan fingerprint density at radius 1 is 1.00 bits per heavy atom. The summed E-state index contributed by atoms with van der Waals surface area (Å²) >= 11 is 10.1. The number of benzene rings is 2.